The first-order chi connectivity index (χ1) is 9.28. The van der Waals surface area contributed by atoms with E-state index in [1.165, 1.54) is 43.4 Å². The van der Waals surface area contributed by atoms with Gasteiger partial charge in [0, 0.05) is 12.8 Å². The Morgan fingerprint density at radius 3 is 2.84 bits per heavy atom. The van der Waals surface area contributed by atoms with Crippen molar-refractivity contribution < 1.29 is 4.79 Å². The highest BCUT2D eigenvalue weighted by Crippen LogP contribution is 2.27. The number of aromatic nitrogens is 2. The summed E-state index contributed by atoms with van der Waals surface area (Å²) in [5.74, 6) is 0.673. The number of carbonyl (C=O) groups excluding carboxylic acids is 1. The molecule has 5 heteroatoms. The van der Waals surface area contributed by atoms with Gasteiger partial charge in [-0.15, -0.1) is 10.2 Å². The van der Waals surface area contributed by atoms with Crippen molar-refractivity contribution in [1.29, 1.82) is 0 Å². The number of aryl methyl sites for hydroxylation is 1. The maximum absolute atomic E-state index is 11.9. The topological polar surface area (TPSA) is 54.9 Å². The van der Waals surface area contributed by atoms with E-state index in [9.17, 15) is 4.79 Å². The first kappa shape index (κ1) is 14.4. The largest absolute Gasteiger partial charge is 0.301 e. The van der Waals surface area contributed by atoms with Crippen LogP contribution in [-0.2, 0) is 11.2 Å². The Balaban J connectivity index is 1.76. The average Bonchev–Trinajstić information content (AvgIpc) is 2.85. The number of anilines is 1. The summed E-state index contributed by atoms with van der Waals surface area (Å²) in [5, 5.41) is 12.7. The van der Waals surface area contributed by atoms with Gasteiger partial charge in [-0.25, -0.2) is 0 Å². The molecule has 1 amide bonds. The second-order valence-corrected chi connectivity index (χ2v) is 6.42. The van der Waals surface area contributed by atoms with E-state index in [4.69, 9.17) is 0 Å². The van der Waals surface area contributed by atoms with Crippen molar-refractivity contribution in [3.05, 3.63) is 5.01 Å². The third kappa shape index (κ3) is 4.90. The smallest absolute Gasteiger partial charge is 0.226 e. The lowest BCUT2D eigenvalue weighted by Gasteiger charge is -2.20. The molecular formula is C14H23N3OS. The normalized spacial score (nSPS) is 16.5. The molecule has 1 fully saturated rings. The number of amides is 1. The third-order valence-corrected chi connectivity index (χ3v) is 4.55. The summed E-state index contributed by atoms with van der Waals surface area (Å²) in [6.45, 7) is 2.16. The van der Waals surface area contributed by atoms with Crippen molar-refractivity contribution in [2.75, 3.05) is 5.32 Å². The molecule has 0 bridgehead atoms. The summed E-state index contributed by atoms with van der Waals surface area (Å²) >= 11 is 1.51. The SMILES string of the molecule is CCCCc1nnc(NC(=O)CC2CCCCC2)s1. The predicted molar refractivity (Wildman–Crippen MR) is 78.3 cm³/mol. The minimum atomic E-state index is 0.102. The van der Waals surface area contributed by atoms with E-state index in [0.717, 1.165) is 24.3 Å². The highest BCUT2D eigenvalue weighted by atomic mass is 32.1. The lowest BCUT2D eigenvalue weighted by molar-refractivity contribution is -0.117. The van der Waals surface area contributed by atoms with Gasteiger partial charge in [0.25, 0.3) is 0 Å². The summed E-state index contributed by atoms with van der Waals surface area (Å²) < 4.78 is 0. The van der Waals surface area contributed by atoms with Crippen LogP contribution in [0.15, 0.2) is 0 Å². The fourth-order valence-corrected chi connectivity index (χ4v) is 3.35. The van der Waals surface area contributed by atoms with Gasteiger partial charge in [0.15, 0.2) is 0 Å². The zero-order chi connectivity index (χ0) is 13.5. The Hall–Kier alpha value is -0.970. The second kappa shape index (κ2) is 7.58. The Bertz CT molecular complexity index is 399. The van der Waals surface area contributed by atoms with Crippen LogP contribution in [-0.4, -0.2) is 16.1 Å². The molecule has 0 unspecified atom stereocenters. The molecule has 1 aliphatic rings. The van der Waals surface area contributed by atoms with E-state index in [1.807, 2.05) is 0 Å². The molecule has 0 radical (unpaired) electrons. The molecule has 106 valence electrons. The van der Waals surface area contributed by atoms with Gasteiger partial charge < -0.3 is 5.32 Å². The van der Waals surface area contributed by atoms with Crippen LogP contribution in [0.4, 0.5) is 5.13 Å². The molecule has 1 aromatic rings. The number of carbonyl (C=O) groups is 1. The lowest BCUT2D eigenvalue weighted by atomic mass is 9.87. The Kier molecular flexibility index (Phi) is 5.76. The minimum Gasteiger partial charge on any atom is -0.301 e. The van der Waals surface area contributed by atoms with E-state index in [1.54, 1.807) is 0 Å². The molecule has 1 aromatic heterocycles. The maximum atomic E-state index is 11.9. The molecule has 1 N–H and O–H groups in total. The van der Waals surface area contributed by atoms with Crippen molar-refractivity contribution in [3.63, 3.8) is 0 Å². The van der Waals surface area contributed by atoms with Gasteiger partial charge in [-0.2, -0.15) is 0 Å². The molecule has 0 aromatic carbocycles. The number of hydrogen-bond acceptors (Lipinski definition) is 4. The molecule has 1 aliphatic carbocycles. The highest BCUT2D eigenvalue weighted by molar-refractivity contribution is 7.15. The Morgan fingerprint density at radius 2 is 2.11 bits per heavy atom. The standard InChI is InChI=1S/C14H23N3OS/c1-2-3-9-13-16-17-14(19-13)15-12(18)10-11-7-5-4-6-8-11/h11H,2-10H2,1H3,(H,15,17,18). The van der Waals surface area contributed by atoms with Crippen LogP contribution in [0.5, 0.6) is 0 Å². The fourth-order valence-electron chi connectivity index (χ4n) is 2.56. The molecule has 0 spiro atoms. The Morgan fingerprint density at radius 1 is 1.32 bits per heavy atom. The summed E-state index contributed by atoms with van der Waals surface area (Å²) in [4.78, 5) is 11.9. The van der Waals surface area contributed by atoms with E-state index >= 15 is 0 Å². The van der Waals surface area contributed by atoms with Crippen LogP contribution in [0, 0.1) is 5.92 Å². The molecular weight excluding hydrogens is 258 g/mol. The molecule has 0 aliphatic heterocycles. The van der Waals surface area contributed by atoms with Crippen molar-refractivity contribution in [3.8, 4) is 0 Å². The number of nitrogens with one attached hydrogen (secondary N) is 1. The number of rotatable bonds is 6. The van der Waals surface area contributed by atoms with Gasteiger partial charge in [0.05, 0.1) is 0 Å². The van der Waals surface area contributed by atoms with Gasteiger partial charge >= 0.3 is 0 Å². The highest BCUT2D eigenvalue weighted by Gasteiger charge is 2.17. The summed E-state index contributed by atoms with van der Waals surface area (Å²) in [6, 6.07) is 0. The maximum Gasteiger partial charge on any atom is 0.226 e. The predicted octanol–water partition coefficient (Wildman–Crippen LogP) is 3.79. The zero-order valence-electron chi connectivity index (χ0n) is 11.7. The number of hydrogen-bond donors (Lipinski definition) is 1. The average molecular weight is 281 g/mol. The van der Waals surface area contributed by atoms with Crippen LogP contribution in [0.25, 0.3) is 0 Å². The van der Waals surface area contributed by atoms with E-state index < -0.39 is 0 Å². The molecule has 0 atom stereocenters. The molecule has 1 heterocycles. The van der Waals surface area contributed by atoms with Gasteiger partial charge in [0.1, 0.15) is 5.01 Å². The zero-order valence-corrected chi connectivity index (χ0v) is 12.5. The summed E-state index contributed by atoms with van der Waals surface area (Å²) in [7, 11) is 0. The van der Waals surface area contributed by atoms with Gasteiger partial charge in [-0.05, 0) is 25.2 Å². The monoisotopic (exact) mass is 281 g/mol. The van der Waals surface area contributed by atoms with Crippen LogP contribution < -0.4 is 5.32 Å². The number of unbranched alkanes of at least 4 members (excludes halogenated alkanes) is 1. The minimum absolute atomic E-state index is 0.102. The van der Waals surface area contributed by atoms with E-state index in [2.05, 4.69) is 22.4 Å². The quantitative estimate of drug-likeness (QED) is 0.863. The molecule has 2 rings (SSSR count). The third-order valence-electron chi connectivity index (χ3n) is 3.66. The van der Waals surface area contributed by atoms with Crippen molar-refractivity contribution >= 4 is 22.4 Å². The van der Waals surface area contributed by atoms with Crippen molar-refractivity contribution in [2.45, 2.75) is 64.7 Å². The summed E-state index contributed by atoms with van der Waals surface area (Å²) in [6.07, 6.45) is 10.2. The summed E-state index contributed by atoms with van der Waals surface area (Å²) in [5.41, 5.74) is 0. The second-order valence-electron chi connectivity index (χ2n) is 5.36. The number of nitrogens with zero attached hydrogens (tertiary/aromatic N) is 2. The molecule has 1 saturated carbocycles. The van der Waals surface area contributed by atoms with Gasteiger partial charge in [0.2, 0.25) is 11.0 Å². The van der Waals surface area contributed by atoms with Crippen LogP contribution in [0.2, 0.25) is 0 Å². The van der Waals surface area contributed by atoms with Crippen molar-refractivity contribution in [1.82, 2.24) is 10.2 Å². The first-order valence-electron chi connectivity index (χ1n) is 7.40. The first-order valence-corrected chi connectivity index (χ1v) is 8.22. The Labute approximate surface area is 119 Å². The van der Waals surface area contributed by atoms with Gasteiger partial charge in [-0.1, -0.05) is 43.9 Å². The van der Waals surface area contributed by atoms with Crippen LogP contribution in [0.3, 0.4) is 0 Å². The molecule has 19 heavy (non-hydrogen) atoms. The fraction of sp³-hybridized carbons (Fsp3) is 0.786. The van der Waals surface area contributed by atoms with E-state index in [-0.39, 0.29) is 5.91 Å². The van der Waals surface area contributed by atoms with Crippen LogP contribution in [0.1, 0.15) is 63.3 Å². The van der Waals surface area contributed by atoms with Gasteiger partial charge in [-0.3, -0.25) is 4.79 Å². The molecule has 0 saturated heterocycles. The van der Waals surface area contributed by atoms with Crippen LogP contribution >= 0.6 is 11.3 Å². The van der Waals surface area contributed by atoms with E-state index in [0.29, 0.717) is 17.5 Å². The molecule has 4 nitrogen and oxygen atoms in total. The lowest BCUT2D eigenvalue weighted by Crippen LogP contribution is -2.18. The van der Waals surface area contributed by atoms with Crippen molar-refractivity contribution in [2.24, 2.45) is 5.92 Å².